The van der Waals surface area contributed by atoms with Crippen molar-refractivity contribution in [3.63, 3.8) is 0 Å². The second kappa shape index (κ2) is 8.19. The molecule has 30 heavy (non-hydrogen) atoms. The number of nitrogens with one attached hydrogen (secondary N) is 1. The molecule has 2 aromatic carbocycles. The summed E-state index contributed by atoms with van der Waals surface area (Å²) < 4.78 is 10.8. The van der Waals surface area contributed by atoms with Crippen molar-refractivity contribution in [3.05, 3.63) is 71.8 Å². The van der Waals surface area contributed by atoms with E-state index in [9.17, 15) is 4.79 Å². The van der Waals surface area contributed by atoms with E-state index in [2.05, 4.69) is 5.32 Å². The molecule has 1 heterocycles. The van der Waals surface area contributed by atoms with Gasteiger partial charge in [-0.2, -0.15) is 0 Å². The molecule has 0 radical (unpaired) electrons. The maximum Gasteiger partial charge on any atom is 0.236 e. The van der Waals surface area contributed by atoms with Gasteiger partial charge in [-0.3, -0.25) is 4.79 Å². The zero-order chi connectivity index (χ0) is 21.1. The van der Waals surface area contributed by atoms with Gasteiger partial charge in [-0.25, -0.2) is 4.98 Å². The number of aryl methyl sites for hydroxylation is 1. The second-order valence-electron chi connectivity index (χ2n) is 7.59. The fourth-order valence-electron chi connectivity index (χ4n) is 3.71. The highest BCUT2D eigenvalue weighted by atomic mass is 16.5. The van der Waals surface area contributed by atoms with Crippen LogP contribution in [0.5, 0.6) is 11.5 Å². The van der Waals surface area contributed by atoms with Crippen molar-refractivity contribution in [3.8, 4) is 22.8 Å². The zero-order valence-corrected chi connectivity index (χ0v) is 17.6. The lowest BCUT2D eigenvalue weighted by Gasteiger charge is -2.17. The molecule has 5 nitrogen and oxygen atoms in total. The number of hydrogen-bond acceptors (Lipinski definition) is 4. The Morgan fingerprint density at radius 1 is 1.07 bits per heavy atom. The first-order valence-corrected chi connectivity index (χ1v) is 10.2. The van der Waals surface area contributed by atoms with Gasteiger partial charge in [0.05, 0.1) is 24.8 Å². The number of ether oxygens (including phenoxy) is 2. The molecule has 5 heteroatoms. The second-order valence-corrected chi connectivity index (χ2v) is 7.59. The van der Waals surface area contributed by atoms with Crippen molar-refractivity contribution >= 4 is 11.7 Å². The predicted molar refractivity (Wildman–Crippen MR) is 118 cm³/mol. The van der Waals surface area contributed by atoms with Crippen LogP contribution in [0.3, 0.4) is 0 Å². The van der Waals surface area contributed by atoms with E-state index in [4.69, 9.17) is 14.5 Å². The Hall–Kier alpha value is -3.34. The van der Waals surface area contributed by atoms with Gasteiger partial charge in [0, 0.05) is 5.56 Å². The van der Waals surface area contributed by atoms with Crippen molar-refractivity contribution in [2.45, 2.75) is 32.1 Å². The largest absolute Gasteiger partial charge is 0.497 e. The van der Waals surface area contributed by atoms with E-state index in [1.807, 2.05) is 74.5 Å². The number of nitrogens with zero attached hydrogens (tertiary/aromatic N) is 1. The number of methoxy groups -OCH3 is 1. The van der Waals surface area contributed by atoms with Gasteiger partial charge in [-0.15, -0.1) is 0 Å². The van der Waals surface area contributed by atoms with Crippen LogP contribution in [0.2, 0.25) is 0 Å². The fourth-order valence-corrected chi connectivity index (χ4v) is 3.71. The van der Waals surface area contributed by atoms with Gasteiger partial charge >= 0.3 is 0 Å². The monoisotopic (exact) mass is 402 g/mol. The summed E-state index contributed by atoms with van der Waals surface area (Å²) in [6.45, 7) is 4.59. The maximum absolute atomic E-state index is 13.1. The molecule has 1 saturated carbocycles. The minimum atomic E-state index is -0.478. The van der Waals surface area contributed by atoms with Gasteiger partial charge in [-0.1, -0.05) is 30.3 Å². The average molecular weight is 402 g/mol. The first kappa shape index (κ1) is 20.0. The quantitative estimate of drug-likeness (QED) is 0.595. The Bertz CT molecular complexity index is 1060. The molecule has 0 atom stereocenters. The third-order valence-corrected chi connectivity index (χ3v) is 5.58. The first-order chi connectivity index (χ1) is 14.6. The van der Waals surface area contributed by atoms with E-state index in [0.29, 0.717) is 12.4 Å². The maximum atomic E-state index is 13.1. The standard InChI is InChI=1S/C25H26N2O3/c1-4-30-21-7-5-6-18(16-21)23-17(2)8-13-22(26-23)27-24(28)25(14-15-25)19-9-11-20(29-3)12-10-19/h5-13,16H,4,14-15H2,1-3H3,(H,26,27,28). The Balaban J connectivity index is 1.57. The Labute approximate surface area is 177 Å². The normalized spacial score (nSPS) is 14.1. The molecule has 154 valence electrons. The van der Waals surface area contributed by atoms with Crippen LogP contribution in [0, 0.1) is 6.92 Å². The van der Waals surface area contributed by atoms with Gasteiger partial charge in [0.15, 0.2) is 0 Å². The van der Waals surface area contributed by atoms with Gasteiger partial charge in [0.1, 0.15) is 17.3 Å². The molecule has 1 fully saturated rings. The van der Waals surface area contributed by atoms with Gasteiger partial charge in [0.25, 0.3) is 0 Å². The average Bonchev–Trinajstić information content (AvgIpc) is 3.58. The summed E-state index contributed by atoms with van der Waals surface area (Å²) in [4.78, 5) is 17.9. The summed E-state index contributed by atoms with van der Waals surface area (Å²) in [5.74, 6) is 2.14. The number of carbonyl (C=O) groups excluding carboxylic acids is 1. The lowest BCUT2D eigenvalue weighted by molar-refractivity contribution is -0.118. The summed E-state index contributed by atoms with van der Waals surface area (Å²) in [6.07, 6.45) is 1.67. The third kappa shape index (κ3) is 3.88. The molecule has 1 aliphatic rings. The topological polar surface area (TPSA) is 60.5 Å². The molecule has 0 aliphatic heterocycles. The Kier molecular flexibility index (Phi) is 5.44. The number of aromatic nitrogens is 1. The summed E-state index contributed by atoms with van der Waals surface area (Å²) >= 11 is 0. The lowest BCUT2D eigenvalue weighted by atomic mass is 9.95. The van der Waals surface area contributed by atoms with Gasteiger partial charge in [-0.05, 0) is 68.1 Å². The lowest BCUT2D eigenvalue weighted by Crippen LogP contribution is -2.28. The molecule has 0 spiro atoms. The number of anilines is 1. The highest BCUT2D eigenvalue weighted by molar-refractivity contribution is 6.01. The zero-order valence-electron chi connectivity index (χ0n) is 17.6. The molecule has 3 aromatic rings. The summed E-state index contributed by atoms with van der Waals surface area (Å²) in [7, 11) is 1.64. The van der Waals surface area contributed by atoms with Gasteiger partial charge in [0.2, 0.25) is 5.91 Å². The number of amides is 1. The molecule has 0 bridgehead atoms. The highest BCUT2D eigenvalue weighted by Crippen LogP contribution is 2.49. The molecule has 1 aliphatic carbocycles. The Morgan fingerprint density at radius 3 is 2.50 bits per heavy atom. The van der Waals surface area contributed by atoms with Crippen molar-refractivity contribution in [2.75, 3.05) is 19.0 Å². The SMILES string of the molecule is CCOc1cccc(-c2nc(NC(=O)C3(c4ccc(OC)cc4)CC3)ccc2C)c1. The van der Waals surface area contributed by atoms with Gasteiger partial charge < -0.3 is 14.8 Å². The van der Waals surface area contributed by atoms with Crippen molar-refractivity contribution < 1.29 is 14.3 Å². The number of pyridine rings is 1. The van der Waals surface area contributed by atoms with E-state index in [1.54, 1.807) is 7.11 Å². The van der Waals surface area contributed by atoms with Crippen LogP contribution in [0.25, 0.3) is 11.3 Å². The number of benzene rings is 2. The van der Waals surface area contributed by atoms with Crippen LogP contribution >= 0.6 is 0 Å². The molecule has 0 unspecified atom stereocenters. The summed E-state index contributed by atoms with van der Waals surface area (Å²) in [6, 6.07) is 19.4. The van der Waals surface area contributed by atoms with Crippen LogP contribution in [0.15, 0.2) is 60.7 Å². The van der Waals surface area contributed by atoms with E-state index >= 15 is 0 Å². The Morgan fingerprint density at radius 2 is 1.83 bits per heavy atom. The van der Waals surface area contributed by atoms with Crippen molar-refractivity contribution in [1.82, 2.24) is 4.98 Å². The van der Waals surface area contributed by atoms with Crippen LogP contribution in [-0.2, 0) is 10.2 Å². The third-order valence-electron chi connectivity index (χ3n) is 5.58. The molecule has 1 N–H and O–H groups in total. The smallest absolute Gasteiger partial charge is 0.236 e. The molecular weight excluding hydrogens is 376 g/mol. The van der Waals surface area contributed by atoms with Crippen molar-refractivity contribution in [2.24, 2.45) is 0 Å². The molecular formula is C25H26N2O3. The summed E-state index contributed by atoms with van der Waals surface area (Å²) in [5.41, 5.74) is 3.37. The molecule has 0 saturated heterocycles. The predicted octanol–water partition coefficient (Wildman–Crippen LogP) is 5.13. The van der Waals surface area contributed by atoms with E-state index < -0.39 is 5.41 Å². The number of carbonyl (C=O) groups is 1. The van der Waals surface area contributed by atoms with E-state index in [0.717, 1.165) is 46.7 Å². The molecule has 1 amide bonds. The molecule has 4 rings (SSSR count). The van der Waals surface area contributed by atoms with Crippen LogP contribution in [0.1, 0.15) is 30.9 Å². The van der Waals surface area contributed by atoms with E-state index in [1.165, 1.54) is 0 Å². The first-order valence-electron chi connectivity index (χ1n) is 10.2. The van der Waals surface area contributed by atoms with Crippen LogP contribution in [-0.4, -0.2) is 24.6 Å². The van der Waals surface area contributed by atoms with Crippen LogP contribution in [0.4, 0.5) is 5.82 Å². The minimum Gasteiger partial charge on any atom is -0.497 e. The van der Waals surface area contributed by atoms with E-state index in [-0.39, 0.29) is 5.91 Å². The number of rotatable bonds is 7. The summed E-state index contributed by atoms with van der Waals surface area (Å²) in [5, 5.41) is 3.04. The van der Waals surface area contributed by atoms with Crippen molar-refractivity contribution in [1.29, 1.82) is 0 Å². The molecule has 1 aromatic heterocycles. The fraction of sp³-hybridized carbons (Fsp3) is 0.280. The minimum absolute atomic E-state index is 0.0157. The van der Waals surface area contributed by atoms with Crippen LogP contribution < -0.4 is 14.8 Å². The number of hydrogen-bond donors (Lipinski definition) is 1. The highest BCUT2D eigenvalue weighted by Gasteiger charge is 2.51.